The van der Waals surface area contributed by atoms with E-state index in [1.165, 1.54) is 12.1 Å². The largest absolute Gasteiger partial charge is 0.483 e. The summed E-state index contributed by atoms with van der Waals surface area (Å²) in [7, 11) is 0. The summed E-state index contributed by atoms with van der Waals surface area (Å²) in [5.41, 5.74) is 3.06. The summed E-state index contributed by atoms with van der Waals surface area (Å²) in [5, 5.41) is 3.34. The van der Waals surface area contributed by atoms with Crippen LogP contribution in [-0.2, 0) is 4.79 Å². The first-order chi connectivity index (χ1) is 11.3. The lowest BCUT2D eigenvalue weighted by atomic mass is 10.0. The summed E-state index contributed by atoms with van der Waals surface area (Å²) in [5.74, 6) is 0.114. The Bertz CT molecular complexity index is 759. The molecule has 0 heterocycles. The van der Waals surface area contributed by atoms with Crippen LogP contribution >= 0.6 is 11.6 Å². The molecule has 2 aromatic carbocycles. The van der Waals surface area contributed by atoms with E-state index in [0.717, 1.165) is 16.7 Å². The van der Waals surface area contributed by atoms with Gasteiger partial charge in [0.15, 0.2) is 6.61 Å². The van der Waals surface area contributed by atoms with E-state index in [0.29, 0.717) is 16.5 Å². The van der Waals surface area contributed by atoms with Crippen LogP contribution in [0.15, 0.2) is 30.3 Å². The third kappa shape index (κ3) is 4.48. The Labute approximate surface area is 146 Å². The molecule has 0 aliphatic heterocycles. The highest BCUT2D eigenvalue weighted by Crippen LogP contribution is 2.32. The van der Waals surface area contributed by atoms with Crippen LogP contribution in [-0.4, -0.2) is 12.5 Å². The number of hydrogen-bond donors (Lipinski definition) is 1. The molecule has 0 bridgehead atoms. The second kappa shape index (κ2) is 7.67. The van der Waals surface area contributed by atoms with E-state index >= 15 is 0 Å². The summed E-state index contributed by atoms with van der Waals surface area (Å²) >= 11 is 6.16. The Hall–Kier alpha value is -2.07. The van der Waals surface area contributed by atoms with Crippen LogP contribution in [0.2, 0.25) is 5.02 Å². The SMILES string of the molecule is Cc1cc(OCC(=O)Nc2cc(F)ccc2C)c(C(C)C)cc1Cl. The fourth-order valence-corrected chi connectivity index (χ4v) is 2.48. The lowest BCUT2D eigenvalue weighted by Gasteiger charge is -2.16. The normalized spacial score (nSPS) is 10.8. The average molecular weight is 350 g/mol. The number of halogens is 2. The summed E-state index contributed by atoms with van der Waals surface area (Å²) in [6.45, 7) is 7.59. The van der Waals surface area contributed by atoms with Crippen molar-refractivity contribution in [2.45, 2.75) is 33.6 Å². The molecule has 24 heavy (non-hydrogen) atoms. The number of benzene rings is 2. The molecule has 0 aliphatic carbocycles. The number of carbonyl (C=O) groups is 1. The van der Waals surface area contributed by atoms with Gasteiger partial charge in [-0.1, -0.05) is 31.5 Å². The third-order valence-electron chi connectivity index (χ3n) is 3.75. The zero-order valence-electron chi connectivity index (χ0n) is 14.2. The average Bonchev–Trinajstić information content (AvgIpc) is 2.51. The fraction of sp³-hybridized carbons (Fsp3) is 0.316. The first-order valence-electron chi connectivity index (χ1n) is 7.76. The molecule has 0 saturated heterocycles. The number of hydrogen-bond acceptors (Lipinski definition) is 2. The molecule has 2 aromatic rings. The second-order valence-corrected chi connectivity index (χ2v) is 6.50. The lowest BCUT2D eigenvalue weighted by molar-refractivity contribution is -0.118. The van der Waals surface area contributed by atoms with Crippen LogP contribution in [0.4, 0.5) is 10.1 Å². The quantitative estimate of drug-likeness (QED) is 0.801. The molecule has 0 spiro atoms. The Balaban J connectivity index is 2.09. The van der Waals surface area contributed by atoms with Crippen molar-refractivity contribution in [2.24, 2.45) is 0 Å². The van der Waals surface area contributed by atoms with E-state index in [1.54, 1.807) is 13.0 Å². The molecule has 0 unspecified atom stereocenters. The van der Waals surface area contributed by atoms with Crippen LogP contribution in [0, 0.1) is 19.7 Å². The Morgan fingerprint density at radius 2 is 1.92 bits per heavy atom. The number of ether oxygens (including phenoxy) is 1. The minimum atomic E-state index is -0.396. The summed E-state index contributed by atoms with van der Waals surface area (Å²) < 4.78 is 19.0. The number of aryl methyl sites for hydroxylation is 2. The van der Waals surface area contributed by atoms with E-state index in [4.69, 9.17) is 16.3 Å². The fourth-order valence-electron chi connectivity index (χ4n) is 2.31. The number of anilines is 1. The van der Waals surface area contributed by atoms with Gasteiger partial charge >= 0.3 is 0 Å². The minimum Gasteiger partial charge on any atom is -0.483 e. The molecular formula is C19H21ClFNO2. The molecular weight excluding hydrogens is 329 g/mol. The Kier molecular flexibility index (Phi) is 5.84. The van der Waals surface area contributed by atoms with Gasteiger partial charge in [-0.25, -0.2) is 4.39 Å². The third-order valence-corrected chi connectivity index (χ3v) is 4.15. The summed E-state index contributed by atoms with van der Waals surface area (Å²) in [6, 6.07) is 7.96. The van der Waals surface area contributed by atoms with Gasteiger partial charge in [-0.05, 0) is 60.7 Å². The van der Waals surface area contributed by atoms with Crippen LogP contribution < -0.4 is 10.1 Å². The number of nitrogens with one attached hydrogen (secondary N) is 1. The molecule has 3 nitrogen and oxygen atoms in total. The first kappa shape index (κ1) is 18.3. The van der Waals surface area contributed by atoms with Crippen molar-refractivity contribution in [3.63, 3.8) is 0 Å². The molecule has 0 radical (unpaired) electrons. The van der Waals surface area contributed by atoms with Crippen molar-refractivity contribution in [1.29, 1.82) is 0 Å². The lowest BCUT2D eigenvalue weighted by Crippen LogP contribution is -2.21. The molecule has 0 aliphatic rings. The minimum absolute atomic E-state index is 0.156. The van der Waals surface area contributed by atoms with E-state index in [2.05, 4.69) is 5.32 Å². The first-order valence-corrected chi connectivity index (χ1v) is 8.14. The molecule has 1 amide bonds. The standard InChI is InChI=1S/C19H21ClFNO2/c1-11(2)15-9-16(20)13(4)7-18(15)24-10-19(23)22-17-8-14(21)6-5-12(17)3/h5-9,11H,10H2,1-4H3,(H,22,23). The maximum atomic E-state index is 13.3. The molecule has 128 valence electrons. The summed E-state index contributed by atoms with van der Waals surface area (Å²) in [6.07, 6.45) is 0. The molecule has 0 atom stereocenters. The van der Waals surface area contributed by atoms with Crippen molar-refractivity contribution in [2.75, 3.05) is 11.9 Å². The molecule has 5 heteroatoms. The van der Waals surface area contributed by atoms with Crippen LogP contribution in [0.25, 0.3) is 0 Å². The molecule has 1 N–H and O–H groups in total. The van der Waals surface area contributed by atoms with Gasteiger partial charge in [0.1, 0.15) is 11.6 Å². The van der Waals surface area contributed by atoms with Gasteiger partial charge in [0.05, 0.1) is 0 Å². The van der Waals surface area contributed by atoms with E-state index in [-0.39, 0.29) is 18.4 Å². The van der Waals surface area contributed by atoms with E-state index in [1.807, 2.05) is 32.9 Å². The molecule has 0 fully saturated rings. The predicted molar refractivity (Wildman–Crippen MR) is 95.5 cm³/mol. The predicted octanol–water partition coefficient (Wildman–Crippen LogP) is 5.24. The van der Waals surface area contributed by atoms with Gasteiger partial charge in [-0.15, -0.1) is 0 Å². The molecule has 0 saturated carbocycles. The number of amides is 1. The van der Waals surface area contributed by atoms with Crippen molar-refractivity contribution in [1.82, 2.24) is 0 Å². The maximum absolute atomic E-state index is 13.3. The van der Waals surface area contributed by atoms with Crippen molar-refractivity contribution < 1.29 is 13.9 Å². The van der Waals surface area contributed by atoms with Crippen molar-refractivity contribution in [3.05, 3.63) is 57.9 Å². The van der Waals surface area contributed by atoms with Gasteiger partial charge in [0.25, 0.3) is 5.91 Å². The van der Waals surface area contributed by atoms with E-state index in [9.17, 15) is 9.18 Å². The van der Waals surface area contributed by atoms with Gasteiger partial charge in [-0.2, -0.15) is 0 Å². The molecule has 2 rings (SSSR count). The highest BCUT2D eigenvalue weighted by Gasteiger charge is 2.13. The van der Waals surface area contributed by atoms with Gasteiger partial charge in [0, 0.05) is 10.7 Å². The highest BCUT2D eigenvalue weighted by molar-refractivity contribution is 6.31. The summed E-state index contributed by atoms with van der Waals surface area (Å²) in [4.78, 5) is 12.1. The Morgan fingerprint density at radius 1 is 1.21 bits per heavy atom. The monoisotopic (exact) mass is 349 g/mol. The molecule has 0 aromatic heterocycles. The van der Waals surface area contributed by atoms with Crippen LogP contribution in [0.1, 0.15) is 36.5 Å². The topological polar surface area (TPSA) is 38.3 Å². The number of carbonyl (C=O) groups excluding carboxylic acids is 1. The van der Waals surface area contributed by atoms with Crippen LogP contribution in [0.5, 0.6) is 5.75 Å². The van der Waals surface area contributed by atoms with Crippen molar-refractivity contribution in [3.8, 4) is 5.75 Å². The Morgan fingerprint density at radius 3 is 2.58 bits per heavy atom. The highest BCUT2D eigenvalue weighted by atomic mass is 35.5. The van der Waals surface area contributed by atoms with Gasteiger partial charge in [-0.3, -0.25) is 4.79 Å². The number of rotatable bonds is 5. The smallest absolute Gasteiger partial charge is 0.262 e. The van der Waals surface area contributed by atoms with Crippen LogP contribution in [0.3, 0.4) is 0 Å². The van der Waals surface area contributed by atoms with Gasteiger partial charge in [0.2, 0.25) is 0 Å². The maximum Gasteiger partial charge on any atom is 0.262 e. The van der Waals surface area contributed by atoms with Crippen molar-refractivity contribution >= 4 is 23.2 Å². The van der Waals surface area contributed by atoms with E-state index < -0.39 is 5.82 Å². The zero-order valence-corrected chi connectivity index (χ0v) is 15.0. The zero-order chi connectivity index (χ0) is 17.9. The van der Waals surface area contributed by atoms with Gasteiger partial charge < -0.3 is 10.1 Å². The second-order valence-electron chi connectivity index (χ2n) is 6.09.